The van der Waals surface area contributed by atoms with Crippen LogP contribution in [0.25, 0.3) is 0 Å². The number of carbonyl (C=O) groups excluding carboxylic acids is 1. The summed E-state index contributed by atoms with van der Waals surface area (Å²) in [7, 11) is 4.16. The average Bonchev–Trinajstić information content (AvgIpc) is 2.28. The highest BCUT2D eigenvalue weighted by Gasteiger charge is 2.18. The standard InChI is InChI=1S/C15H24N2O2/c1-5-14(11(2)10-17(3)4)12-7-6-8-13(9-12)19-15(16)18/h6-9,11,14H,5,10H2,1-4H3,(H2,16,18). The Morgan fingerprint density at radius 2 is 2.11 bits per heavy atom. The van der Waals surface area contributed by atoms with Gasteiger partial charge in [0.25, 0.3) is 0 Å². The van der Waals surface area contributed by atoms with Gasteiger partial charge in [0, 0.05) is 6.54 Å². The zero-order chi connectivity index (χ0) is 14.4. The zero-order valence-corrected chi connectivity index (χ0v) is 12.2. The Morgan fingerprint density at radius 1 is 1.42 bits per heavy atom. The zero-order valence-electron chi connectivity index (χ0n) is 12.2. The van der Waals surface area contributed by atoms with Gasteiger partial charge >= 0.3 is 6.09 Å². The average molecular weight is 264 g/mol. The molecule has 2 unspecified atom stereocenters. The van der Waals surface area contributed by atoms with E-state index in [9.17, 15) is 4.79 Å². The van der Waals surface area contributed by atoms with Crippen LogP contribution in [0.3, 0.4) is 0 Å². The van der Waals surface area contributed by atoms with E-state index in [4.69, 9.17) is 10.5 Å². The molecule has 1 aromatic carbocycles. The van der Waals surface area contributed by atoms with Crippen molar-refractivity contribution in [2.75, 3.05) is 20.6 Å². The molecule has 106 valence electrons. The molecule has 0 aliphatic rings. The van der Waals surface area contributed by atoms with Gasteiger partial charge in [0.1, 0.15) is 5.75 Å². The minimum Gasteiger partial charge on any atom is -0.410 e. The summed E-state index contributed by atoms with van der Waals surface area (Å²) in [6.07, 6.45) is 0.279. The largest absolute Gasteiger partial charge is 0.410 e. The molecule has 0 aliphatic heterocycles. The summed E-state index contributed by atoms with van der Waals surface area (Å²) in [5, 5.41) is 0. The van der Waals surface area contributed by atoms with Gasteiger partial charge in [0.15, 0.2) is 0 Å². The van der Waals surface area contributed by atoms with Crippen LogP contribution in [0.5, 0.6) is 5.75 Å². The first-order chi connectivity index (χ1) is 8.93. The summed E-state index contributed by atoms with van der Waals surface area (Å²) in [5.41, 5.74) is 6.23. The lowest BCUT2D eigenvalue weighted by atomic mass is 9.85. The molecule has 0 saturated carbocycles. The van der Waals surface area contributed by atoms with Crippen LogP contribution < -0.4 is 10.5 Å². The Morgan fingerprint density at radius 3 is 2.63 bits per heavy atom. The molecule has 4 heteroatoms. The van der Waals surface area contributed by atoms with Gasteiger partial charge in [-0.3, -0.25) is 0 Å². The molecule has 0 spiro atoms. The van der Waals surface area contributed by atoms with Crippen molar-refractivity contribution in [1.82, 2.24) is 4.90 Å². The molecule has 0 radical (unpaired) electrons. The number of amides is 1. The van der Waals surface area contributed by atoms with Crippen molar-refractivity contribution in [3.63, 3.8) is 0 Å². The van der Waals surface area contributed by atoms with Crippen LogP contribution >= 0.6 is 0 Å². The first-order valence-corrected chi connectivity index (χ1v) is 6.66. The number of rotatable bonds is 6. The topological polar surface area (TPSA) is 55.6 Å². The van der Waals surface area contributed by atoms with E-state index in [0.717, 1.165) is 13.0 Å². The maximum absolute atomic E-state index is 10.8. The Bertz CT molecular complexity index is 418. The molecule has 4 nitrogen and oxygen atoms in total. The van der Waals surface area contributed by atoms with E-state index in [1.807, 2.05) is 12.1 Å². The molecular weight excluding hydrogens is 240 g/mol. The van der Waals surface area contributed by atoms with Crippen molar-refractivity contribution in [2.24, 2.45) is 11.7 Å². The molecule has 0 saturated heterocycles. The molecule has 19 heavy (non-hydrogen) atoms. The highest BCUT2D eigenvalue weighted by Crippen LogP contribution is 2.30. The van der Waals surface area contributed by atoms with Crippen molar-refractivity contribution in [3.8, 4) is 5.75 Å². The van der Waals surface area contributed by atoms with E-state index in [2.05, 4.69) is 38.9 Å². The highest BCUT2D eigenvalue weighted by atomic mass is 16.5. The molecule has 0 aliphatic carbocycles. The summed E-state index contributed by atoms with van der Waals surface area (Å²) < 4.78 is 4.94. The third-order valence-electron chi connectivity index (χ3n) is 3.28. The second kappa shape index (κ2) is 7.14. The molecule has 1 amide bonds. The van der Waals surface area contributed by atoms with Crippen LogP contribution in [0.4, 0.5) is 4.79 Å². The summed E-state index contributed by atoms with van der Waals surface area (Å²) in [4.78, 5) is 13.0. The minimum atomic E-state index is -0.772. The minimum absolute atomic E-state index is 0.443. The van der Waals surface area contributed by atoms with Gasteiger partial charge in [-0.1, -0.05) is 26.0 Å². The molecule has 1 aromatic rings. The fraction of sp³-hybridized carbons (Fsp3) is 0.533. The lowest BCUT2D eigenvalue weighted by Gasteiger charge is -2.26. The van der Waals surface area contributed by atoms with Gasteiger partial charge in [0.05, 0.1) is 0 Å². The van der Waals surface area contributed by atoms with Gasteiger partial charge in [0.2, 0.25) is 0 Å². The lowest BCUT2D eigenvalue weighted by molar-refractivity contribution is 0.211. The molecule has 2 atom stereocenters. The third-order valence-corrected chi connectivity index (χ3v) is 3.28. The van der Waals surface area contributed by atoms with E-state index in [1.165, 1.54) is 5.56 Å². The monoisotopic (exact) mass is 264 g/mol. The molecule has 1 rings (SSSR count). The van der Waals surface area contributed by atoms with Crippen LogP contribution in [-0.2, 0) is 0 Å². The van der Waals surface area contributed by atoms with E-state index in [1.54, 1.807) is 6.07 Å². The Hall–Kier alpha value is -1.55. The number of hydrogen-bond donors (Lipinski definition) is 1. The fourth-order valence-corrected chi connectivity index (χ4v) is 2.59. The smallest absolute Gasteiger partial charge is 0.409 e. The van der Waals surface area contributed by atoms with E-state index < -0.39 is 6.09 Å². The number of benzene rings is 1. The SMILES string of the molecule is CCC(c1cccc(OC(N)=O)c1)C(C)CN(C)C. The third kappa shape index (κ3) is 4.91. The summed E-state index contributed by atoms with van der Waals surface area (Å²) >= 11 is 0. The first kappa shape index (κ1) is 15.5. The number of carbonyl (C=O) groups is 1. The van der Waals surface area contributed by atoms with Gasteiger partial charge in [-0.25, -0.2) is 4.79 Å². The normalized spacial score (nSPS) is 14.2. The van der Waals surface area contributed by atoms with Crippen molar-refractivity contribution >= 4 is 6.09 Å². The second-order valence-electron chi connectivity index (χ2n) is 5.25. The molecule has 0 fully saturated rings. The molecule has 0 heterocycles. The summed E-state index contributed by atoms with van der Waals surface area (Å²) in [5.74, 6) is 1.49. The lowest BCUT2D eigenvalue weighted by Crippen LogP contribution is -2.24. The van der Waals surface area contributed by atoms with Gasteiger partial charge in [-0.15, -0.1) is 0 Å². The second-order valence-corrected chi connectivity index (χ2v) is 5.25. The Labute approximate surface area is 115 Å². The van der Waals surface area contributed by atoms with Gasteiger partial charge in [-0.05, 0) is 50.0 Å². The Balaban J connectivity index is 2.88. The van der Waals surface area contributed by atoms with Crippen molar-refractivity contribution in [3.05, 3.63) is 29.8 Å². The van der Waals surface area contributed by atoms with Crippen molar-refractivity contribution in [2.45, 2.75) is 26.2 Å². The number of hydrogen-bond acceptors (Lipinski definition) is 3. The van der Waals surface area contributed by atoms with E-state index >= 15 is 0 Å². The first-order valence-electron chi connectivity index (χ1n) is 6.66. The predicted molar refractivity (Wildman–Crippen MR) is 77.4 cm³/mol. The molecule has 0 aromatic heterocycles. The van der Waals surface area contributed by atoms with Gasteiger partial charge in [-0.2, -0.15) is 0 Å². The molecule has 2 N–H and O–H groups in total. The predicted octanol–water partition coefficient (Wildman–Crippen LogP) is 2.84. The number of nitrogens with two attached hydrogens (primary N) is 1. The van der Waals surface area contributed by atoms with Crippen molar-refractivity contribution in [1.29, 1.82) is 0 Å². The quantitative estimate of drug-likeness (QED) is 0.859. The Kier molecular flexibility index (Phi) is 5.83. The number of nitrogens with zero attached hydrogens (tertiary/aromatic N) is 1. The summed E-state index contributed by atoms with van der Waals surface area (Å²) in [6.45, 7) is 5.45. The van der Waals surface area contributed by atoms with Crippen LogP contribution in [0, 0.1) is 5.92 Å². The highest BCUT2D eigenvalue weighted by molar-refractivity contribution is 5.68. The molecule has 0 bridgehead atoms. The molecular formula is C15H24N2O2. The fourth-order valence-electron chi connectivity index (χ4n) is 2.59. The van der Waals surface area contributed by atoms with Gasteiger partial charge < -0.3 is 15.4 Å². The van der Waals surface area contributed by atoms with Crippen molar-refractivity contribution < 1.29 is 9.53 Å². The van der Waals surface area contributed by atoms with E-state index in [0.29, 0.717) is 17.6 Å². The maximum atomic E-state index is 10.8. The maximum Gasteiger partial charge on any atom is 0.409 e. The van der Waals surface area contributed by atoms with Crippen LogP contribution in [0.2, 0.25) is 0 Å². The van der Waals surface area contributed by atoms with E-state index in [-0.39, 0.29) is 0 Å². The van der Waals surface area contributed by atoms with Crippen LogP contribution in [-0.4, -0.2) is 31.6 Å². The number of ether oxygens (including phenoxy) is 1. The van der Waals surface area contributed by atoms with Crippen LogP contribution in [0.1, 0.15) is 31.7 Å². The summed E-state index contributed by atoms with van der Waals surface area (Å²) in [6, 6.07) is 7.63. The number of primary amides is 1. The van der Waals surface area contributed by atoms with Crippen LogP contribution in [0.15, 0.2) is 24.3 Å².